The van der Waals surface area contributed by atoms with E-state index in [0.717, 1.165) is 10.8 Å². The zero-order valence-electron chi connectivity index (χ0n) is 15.2. The summed E-state index contributed by atoms with van der Waals surface area (Å²) >= 11 is 0. The van der Waals surface area contributed by atoms with E-state index in [2.05, 4.69) is 10.6 Å². The number of ether oxygens (including phenoxy) is 1. The molecule has 3 aromatic carbocycles. The summed E-state index contributed by atoms with van der Waals surface area (Å²) in [7, 11) is 0. The highest BCUT2D eigenvalue weighted by Crippen LogP contribution is 2.23. The largest absolute Gasteiger partial charge is 0.456 e. The van der Waals surface area contributed by atoms with Crippen LogP contribution in [-0.4, -0.2) is 24.4 Å². The van der Waals surface area contributed by atoms with Crippen LogP contribution in [-0.2, 0) is 19.1 Å². The maximum atomic E-state index is 12.1. The van der Waals surface area contributed by atoms with E-state index >= 15 is 0 Å². The van der Waals surface area contributed by atoms with Gasteiger partial charge in [-0.1, -0.05) is 54.6 Å². The van der Waals surface area contributed by atoms with Crippen molar-refractivity contribution in [1.82, 2.24) is 0 Å². The summed E-state index contributed by atoms with van der Waals surface area (Å²) in [6.07, 6.45) is -0.127. The zero-order chi connectivity index (χ0) is 19.8. The lowest BCUT2D eigenvalue weighted by Gasteiger charge is -2.09. The third-order valence-corrected chi connectivity index (χ3v) is 4.04. The van der Waals surface area contributed by atoms with Gasteiger partial charge in [0.2, 0.25) is 5.91 Å². The van der Waals surface area contributed by atoms with Crippen molar-refractivity contribution in [3.05, 3.63) is 72.8 Å². The predicted octanol–water partition coefficient (Wildman–Crippen LogP) is 3.74. The summed E-state index contributed by atoms with van der Waals surface area (Å²) in [5.74, 6) is -1.32. The van der Waals surface area contributed by atoms with Crippen LogP contribution < -0.4 is 10.6 Å². The summed E-state index contributed by atoms with van der Waals surface area (Å²) < 4.78 is 4.92. The summed E-state index contributed by atoms with van der Waals surface area (Å²) in [6, 6.07) is 22.2. The first-order valence-electron chi connectivity index (χ1n) is 8.90. The Morgan fingerprint density at radius 1 is 0.714 bits per heavy atom. The fourth-order valence-electron chi connectivity index (χ4n) is 2.70. The first-order valence-corrected chi connectivity index (χ1v) is 8.90. The lowest BCUT2D eigenvalue weighted by molar-refractivity contribution is -0.147. The molecule has 0 aliphatic rings. The molecule has 0 atom stereocenters. The first kappa shape index (κ1) is 19.1. The average Bonchev–Trinajstić information content (AvgIpc) is 2.72. The molecule has 0 aliphatic carbocycles. The molecule has 0 heterocycles. The van der Waals surface area contributed by atoms with Gasteiger partial charge in [0.05, 0.1) is 6.42 Å². The topological polar surface area (TPSA) is 84.5 Å². The molecule has 0 saturated carbocycles. The van der Waals surface area contributed by atoms with Crippen molar-refractivity contribution in [2.24, 2.45) is 0 Å². The molecule has 28 heavy (non-hydrogen) atoms. The van der Waals surface area contributed by atoms with Gasteiger partial charge < -0.3 is 15.4 Å². The van der Waals surface area contributed by atoms with Gasteiger partial charge in [0.25, 0.3) is 5.91 Å². The second kappa shape index (κ2) is 9.32. The number of para-hydroxylation sites is 1. The van der Waals surface area contributed by atoms with Gasteiger partial charge in [0, 0.05) is 23.2 Å². The monoisotopic (exact) mass is 376 g/mol. The maximum Gasteiger partial charge on any atom is 0.306 e. The molecule has 0 fully saturated rings. The number of anilines is 2. The Morgan fingerprint density at radius 3 is 2.25 bits per heavy atom. The van der Waals surface area contributed by atoms with Gasteiger partial charge >= 0.3 is 5.97 Å². The molecule has 0 saturated heterocycles. The molecule has 0 aromatic heterocycles. The molecule has 0 radical (unpaired) electrons. The molecule has 0 bridgehead atoms. The van der Waals surface area contributed by atoms with E-state index in [4.69, 9.17) is 4.74 Å². The molecular weight excluding hydrogens is 356 g/mol. The van der Waals surface area contributed by atoms with Crippen LogP contribution in [0.3, 0.4) is 0 Å². The quantitative estimate of drug-likeness (QED) is 0.615. The van der Waals surface area contributed by atoms with Crippen LogP contribution in [0.4, 0.5) is 11.4 Å². The molecule has 2 amide bonds. The summed E-state index contributed by atoms with van der Waals surface area (Å²) in [4.78, 5) is 35.7. The fourth-order valence-corrected chi connectivity index (χ4v) is 2.70. The molecule has 6 heteroatoms. The number of carbonyl (C=O) groups excluding carboxylic acids is 3. The van der Waals surface area contributed by atoms with Crippen LogP contribution >= 0.6 is 0 Å². The minimum absolute atomic E-state index is 0.0254. The highest BCUT2D eigenvalue weighted by atomic mass is 16.5. The first-order chi connectivity index (χ1) is 13.6. The van der Waals surface area contributed by atoms with Gasteiger partial charge in [-0.3, -0.25) is 14.4 Å². The third kappa shape index (κ3) is 5.41. The second-order valence-electron chi connectivity index (χ2n) is 6.15. The van der Waals surface area contributed by atoms with Crippen LogP contribution in [0, 0.1) is 0 Å². The maximum absolute atomic E-state index is 12.1. The predicted molar refractivity (Wildman–Crippen MR) is 108 cm³/mol. The number of amides is 2. The molecule has 0 spiro atoms. The Balaban J connectivity index is 1.43. The van der Waals surface area contributed by atoms with Gasteiger partial charge in [-0.05, 0) is 23.6 Å². The molecule has 3 aromatic rings. The Morgan fingerprint density at radius 2 is 1.43 bits per heavy atom. The van der Waals surface area contributed by atoms with Gasteiger partial charge in [-0.25, -0.2) is 0 Å². The second-order valence-corrected chi connectivity index (χ2v) is 6.15. The van der Waals surface area contributed by atoms with Crippen molar-refractivity contribution in [3.8, 4) is 0 Å². The van der Waals surface area contributed by atoms with E-state index in [1.54, 1.807) is 24.3 Å². The molecule has 6 nitrogen and oxygen atoms in total. The Hall–Kier alpha value is -3.67. The molecule has 142 valence electrons. The lowest BCUT2D eigenvalue weighted by atomic mass is 10.1. The van der Waals surface area contributed by atoms with Crippen LogP contribution in [0.5, 0.6) is 0 Å². The van der Waals surface area contributed by atoms with Gasteiger partial charge in [-0.2, -0.15) is 0 Å². The molecule has 0 aliphatic heterocycles. The summed E-state index contributed by atoms with van der Waals surface area (Å²) in [6.45, 7) is -0.390. The SMILES string of the molecule is O=C(COC(=O)CCC(=O)Nc1cccc2ccccc12)Nc1ccccc1. The van der Waals surface area contributed by atoms with Crippen molar-refractivity contribution < 1.29 is 19.1 Å². The van der Waals surface area contributed by atoms with E-state index < -0.39 is 18.5 Å². The smallest absolute Gasteiger partial charge is 0.306 e. The number of esters is 1. The Bertz CT molecular complexity index is 981. The van der Waals surface area contributed by atoms with Crippen molar-refractivity contribution >= 4 is 39.9 Å². The highest BCUT2D eigenvalue weighted by molar-refractivity contribution is 6.02. The minimum Gasteiger partial charge on any atom is -0.456 e. The van der Waals surface area contributed by atoms with E-state index in [1.165, 1.54) is 0 Å². The summed E-state index contributed by atoms with van der Waals surface area (Å²) in [5, 5.41) is 7.38. The number of benzene rings is 3. The van der Waals surface area contributed by atoms with Crippen LogP contribution in [0.25, 0.3) is 10.8 Å². The Kier molecular flexibility index (Phi) is 6.36. The third-order valence-electron chi connectivity index (χ3n) is 4.04. The molecule has 3 rings (SSSR count). The highest BCUT2D eigenvalue weighted by Gasteiger charge is 2.11. The number of hydrogen-bond acceptors (Lipinski definition) is 4. The van der Waals surface area contributed by atoms with Crippen LogP contribution in [0.2, 0.25) is 0 Å². The fraction of sp³-hybridized carbons (Fsp3) is 0.136. The van der Waals surface area contributed by atoms with Crippen molar-refractivity contribution in [2.45, 2.75) is 12.8 Å². The van der Waals surface area contributed by atoms with E-state index in [1.807, 2.05) is 48.5 Å². The van der Waals surface area contributed by atoms with Gasteiger partial charge in [0.1, 0.15) is 0 Å². The molecule has 2 N–H and O–H groups in total. The lowest BCUT2D eigenvalue weighted by Crippen LogP contribution is -2.21. The molecular formula is C22H20N2O4. The van der Waals surface area contributed by atoms with E-state index in [0.29, 0.717) is 11.4 Å². The number of nitrogens with one attached hydrogen (secondary N) is 2. The van der Waals surface area contributed by atoms with Crippen molar-refractivity contribution in [3.63, 3.8) is 0 Å². The van der Waals surface area contributed by atoms with E-state index in [9.17, 15) is 14.4 Å². The summed E-state index contributed by atoms with van der Waals surface area (Å²) in [5.41, 5.74) is 1.32. The molecule has 0 unspecified atom stereocenters. The van der Waals surface area contributed by atoms with Crippen LogP contribution in [0.1, 0.15) is 12.8 Å². The van der Waals surface area contributed by atoms with Crippen LogP contribution in [0.15, 0.2) is 72.8 Å². The van der Waals surface area contributed by atoms with Crippen molar-refractivity contribution in [2.75, 3.05) is 17.2 Å². The zero-order valence-corrected chi connectivity index (χ0v) is 15.2. The average molecular weight is 376 g/mol. The number of hydrogen-bond donors (Lipinski definition) is 2. The minimum atomic E-state index is -0.601. The van der Waals surface area contributed by atoms with E-state index in [-0.39, 0.29) is 18.7 Å². The standard InChI is InChI=1S/C22H20N2O4/c25-20(24-19-12-6-8-16-7-4-5-11-18(16)19)13-14-22(27)28-15-21(26)23-17-9-2-1-3-10-17/h1-12H,13-15H2,(H,23,26)(H,24,25). The van der Waals surface area contributed by atoms with Gasteiger partial charge in [-0.15, -0.1) is 0 Å². The Labute approximate surface area is 162 Å². The normalized spacial score (nSPS) is 10.3. The number of rotatable bonds is 7. The number of carbonyl (C=O) groups is 3. The van der Waals surface area contributed by atoms with Crippen molar-refractivity contribution in [1.29, 1.82) is 0 Å². The van der Waals surface area contributed by atoms with Gasteiger partial charge in [0.15, 0.2) is 6.61 Å². The number of fused-ring (bicyclic) bond motifs is 1.